The summed E-state index contributed by atoms with van der Waals surface area (Å²) < 4.78 is 8.20. The van der Waals surface area contributed by atoms with Crippen LogP contribution in [-0.2, 0) is 13.2 Å². The van der Waals surface area contributed by atoms with E-state index in [-0.39, 0.29) is 6.61 Å². The van der Waals surface area contributed by atoms with Crippen molar-refractivity contribution in [3.63, 3.8) is 0 Å². The second-order valence-corrected chi connectivity index (χ2v) is 5.53. The summed E-state index contributed by atoms with van der Waals surface area (Å²) in [5.41, 5.74) is 4.17. The SMILES string of the molecule is Cc1cc(CO)cc(C)c1OCc1cncn1C1CC1. The molecule has 2 aromatic rings. The summed E-state index contributed by atoms with van der Waals surface area (Å²) in [6, 6.07) is 4.57. The highest BCUT2D eigenvalue weighted by molar-refractivity contribution is 5.43. The van der Waals surface area contributed by atoms with Gasteiger partial charge in [-0.25, -0.2) is 4.98 Å². The molecule has 1 aromatic heterocycles. The van der Waals surface area contributed by atoms with Crippen molar-refractivity contribution in [3.05, 3.63) is 47.0 Å². The molecule has 1 fully saturated rings. The molecule has 106 valence electrons. The van der Waals surface area contributed by atoms with E-state index in [0.717, 1.165) is 28.1 Å². The van der Waals surface area contributed by atoms with Crippen molar-refractivity contribution in [2.24, 2.45) is 0 Å². The lowest BCUT2D eigenvalue weighted by Gasteiger charge is -2.14. The van der Waals surface area contributed by atoms with Crippen LogP contribution in [0.4, 0.5) is 0 Å². The Balaban J connectivity index is 1.76. The molecule has 3 rings (SSSR count). The van der Waals surface area contributed by atoms with Gasteiger partial charge in [-0.05, 0) is 43.4 Å². The molecule has 4 heteroatoms. The number of hydrogen-bond acceptors (Lipinski definition) is 3. The highest BCUT2D eigenvalue weighted by atomic mass is 16.5. The molecule has 0 atom stereocenters. The quantitative estimate of drug-likeness (QED) is 0.910. The molecule has 1 aromatic carbocycles. The van der Waals surface area contributed by atoms with Gasteiger partial charge in [-0.1, -0.05) is 12.1 Å². The number of aromatic nitrogens is 2. The van der Waals surface area contributed by atoms with Crippen molar-refractivity contribution in [3.8, 4) is 5.75 Å². The maximum absolute atomic E-state index is 9.21. The number of rotatable bonds is 5. The minimum atomic E-state index is 0.0659. The Hall–Kier alpha value is -1.81. The topological polar surface area (TPSA) is 47.3 Å². The van der Waals surface area contributed by atoms with Gasteiger partial charge in [-0.2, -0.15) is 0 Å². The van der Waals surface area contributed by atoms with Crippen molar-refractivity contribution in [1.82, 2.24) is 9.55 Å². The van der Waals surface area contributed by atoms with Gasteiger partial charge in [0, 0.05) is 6.04 Å². The Bertz CT molecular complexity index is 592. The van der Waals surface area contributed by atoms with Gasteiger partial charge in [0.25, 0.3) is 0 Å². The van der Waals surface area contributed by atoms with E-state index in [2.05, 4.69) is 9.55 Å². The van der Waals surface area contributed by atoms with Crippen LogP contribution >= 0.6 is 0 Å². The van der Waals surface area contributed by atoms with E-state index < -0.39 is 0 Å². The first-order valence-corrected chi connectivity index (χ1v) is 7.03. The summed E-state index contributed by atoms with van der Waals surface area (Å²) in [5, 5.41) is 9.21. The zero-order valence-electron chi connectivity index (χ0n) is 12.0. The van der Waals surface area contributed by atoms with Crippen molar-refractivity contribution < 1.29 is 9.84 Å². The molecule has 0 bridgehead atoms. The molecule has 1 heterocycles. The summed E-state index contributed by atoms with van der Waals surface area (Å²) in [7, 11) is 0. The fourth-order valence-corrected chi connectivity index (χ4v) is 2.63. The Morgan fingerprint density at radius 2 is 2.00 bits per heavy atom. The van der Waals surface area contributed by atoms with Crippen molar-refractivity contribution in [2.75, 3.05) is 0 Å². The minimum Gasteiger partial charge on any atom is -0.487 e. The van der Waals surface area contributed by atoms with E-state index in [1.807, 2.05) is 38.5 Å². The van der Waals surface area contributed by atoms with Crippen molar-refractivity contribution in [2.45, 2.75) is 45.9 Å². The lowest BCUT2D eigenvalue weighted by molar-refractivity contribution is 0.278. The zero-order valence-corrected chi connectivity index (χ0v) is 12.0. The van der Waals surface area contributed by atoms with E-state index in [1.165, 1.54) is 12.8 Å². The van der Waals surface area contributed by atoms with E-state index >= 15 is 0 Å². The van der Waals surface area contributed by atoms with Gasteiger partial charge < -0.3 is 14.4 Å². The van der Waals surface area contributed by atoms with Crippen LogP contribution in [0.1, 0.15) is 41.3 Å². The third-order valence-corrected chi connectivity index (χ3v) is 3.75. The molecule has 1 aliphatic carbocycles. The van der Waals surface area contributed by atoms with Crippen LogP contribution in [0.25, 0.3) is 0 Å². The van der Waals surface area contributed by atoms with Gasteiger partial charge in [-0.15, -0.1) is 0 Å². The first-order valence-electron chi connectivity index (χ1n) is 7.03. The first kappa shape index (κ1) is 13.2. The maximum Gasteiger partial charge on any atom is 0.130 e. The Morgan fingerprint density at radius 1 is 1.30 bits per heavy atom. The number of hydrogen-bond donors (Lipinski definition) is 1. The molecule has 0 aliphatic heterocycles. The van der Waals surface area contributed by atoms with Gasteiger partial charge in [0.15, 0.2) is 0 Å². The van der Waals surface area contributed by atoms with Gasteiger partial charge in [0.2, 0.25) is 0 Å². The number of imidazole rings is 1. The predicted molar refractivity (Wildman–Crippen MR) is 76.7 cm³/mol. The summed E-state index contributed by atoms with van der Waals surface area (Å²) in [5.74, 6) is 0.908. The largest absolute Gasteiger partial charge is 0.487 e. The van der Waals surface area contributed by atoms with Gasteiger partial charge >= 0.3 is 0 Å². The fourth-order valence-electron chi connectivity index (χ4n) is 2.63. The van der Waals surface area contributed by atoms with Crippen molar-refractivity contribution >= 4 is 0 Å². The number of aryl methyl sites for hydroxylation is 2. The Morgan fingerprint density at radius 3 is 2.60 bits per heavy atom. The third kappa shape index (κ3) is 2.56. The standard InChI is InChI=1S/C16H20N2O2/c1-11-5-13(8-19)6-12(2)16(11)20-9-15-7-17-10-18(15)14-3-4-14/h5-7,10,14,19H,3-4,8-9H2,1-2H3. The molecule has 20 heavy (non-hydrogen) atoms. The number of aliphatic hydroxyl groups excluding tert-OH is 1. The monoisotopic (exact) mass is 272 g/mol. The normalized spacial score (nSPS) is 14.6. The van der Waals surface area contributed by atoms with E-state index in [0.29, 0.717) is 12.6 Å². The van der Waals surface area contributed by atoms with E-state index in [1.54, 1.807) is 0 Å². The van der Waals surface area contributed by atoms with E-state index in [9.17, 15) is 5.11 Å². The number of aliphatic hydroxyl groups is 1. The third-order valence-electron chi connectivity index (χ3n) is 3.75. The molecule has 0 spiro atoms. The van der Waals surface area contributed by atoms with Crippen molar-refractivity contribution in [1.29, 1.82) is 0 Å². The summed E-state index contributed by atoms with van der Waals surface area (Å²) in [4.78, 5) is 4.22. The maximum atomic E-state index is 9.21. The first-order chi connectivity index (χ1) is 9.69. The molecule has 1 aliphatic rings. The lowest BCUT2D eigenvalue weighted by atomic mass is 10.1. The summed E-state index contributed by atoms with van der Waals surface area (Å²) >= 11 is 0. The molecule has 4 nitrogen and oxygen atoms in total. The molecule has 0 unspecified atom stereocenters. The summed E-state index contributed by atoms with van der Waals surface area (Å²) in [6.07, 6.45) is 6.26. The average molecular weight is 272 g/mol. The average Bonchev–Trinajstić information content (AvgIpc) is 3.17. The Kier molecular flexibility index (Phi) is 3.49. The van der Waals surface area contributed by atoms with Crippen LogP contribution in [0.15, 0.2) is 24.7 Å². The van der Waals surface area contributed by atoms with Crippen LogP contribution in [0, 0.1) is 13.8 Å². The van der Waals surface area contributed by atoms with Gasteiger partial charge in [0.1, 0.15) is 12.4 Å². The minimum absolute atomic E-state index is 0.0659. The van der Waals surface area contributed by atoms with Gasteiger partial charge in [0.05, 0.1) is 24.8 Å². The zero-order chi connectivity index (χ0) is 14.1. The van der Waals surface area contributed by atoms with Crippen LogP contribution in [-0.4, -0.2) is 14.7 Å². The second kappa shape index (κ2) is 5.29. The molecule has 1 N–H and O–H groups in total. The van der Waals surface area contributed by atoms with Crippen LogP contribution in [0.2, 0.25) is 0 Å². The highest BCUT2D eigenvalue weighted by Gasteiger charge is 2.25. The van der Waals surface area contributed by atoms with Crippen LogP contribution < -0.4 is 4.74 Å². The number of benzene rings is 1. The molecular weight excluding hydrogens is 252 g/mol. The molecular formula is C16H20N2O2. The lowest BCUT2D eigenvalue weighted by Crippen LogP contribution is -2.05. The number of nitrogens with zero attached hydrogens (tertiary/aromatic N) is 2. The Labute approximate surface area is 119 Å². The van der Waals surface area contributed by atoms with E-state index in [4.69, 9.17) is 4.74 Å². The molecule has 0 radical (unpaired) electrons. The highest BCUT2D eigenvalue weighted by Crippen LogP contribution is 2.36. The smallest absolute Gasteiger partial charge is 0.130 e. The molecule has 0 saturated heterocycles. The van der Waals surface area contributed by atoms with Crippen LogP contribution in [0.3, 0.4) is 0 Å². The fraction of sp³-hybridized carbons (Fsp3) is 0.438. The van der Waals surface area contributed by atoms with Crippen LogP contribution in [0.5, 0.6) is 5.75 Å². The molecule has 1 saturated carbocycles. The summed E-state index contributed by atoms with van der Waals surface area (Å²) in [6.45, 7) is 4.63. The van der Waals surface area contributed by atoms with Gasteiger partial charge in [-0.3, -0.25) is 0 Å². The number of ether oxygens (including phenoxy) is 1. The predicted octanol–water partition coefficient (Wildman–Crippen LogP) is 2.91. The molecule has 0 amide bonds. The second-order valence-electron chi connectivity index (χ2n) is 5.53.